The van der Waals surface area contributed by atoms with Crippen LogP contribution in [0.1, 0.15) is 0 Å². The molecule has 0 bridgehead atoms. The zero-order valence-electron chi connectivity index (χ0n) is 8.78. The summed E-state index contributed by atoms with van der Waals surface area (Å²) >= 11 is 0. The van der Waals surface area contributed by atoms with Gasteiger partial charge >= 0.3 is 0 Å². The average molecular weight is 247 g/mol. The van der Waals surface area contributed by atoms with Crippen LogP contribution >= 0.6 is 0 Å². The van der Waals surface area contributed by atoms with Crippen LogP contribution in [0.5, 0.6) is 0 Å². The predicted molar refractivity (Wildman–Crippen MR) is 64.2 cm³/mol. The van der Waals surface area contributed by atoms with Gasteiger partial charge in [-0.1, -0.05) is 18.2 Å². The summed E-state index contributed by atoms with van der Waals surface area (Å²) in [6, 6.07) is 14.7. The predicted octanol–water partition coefficient (Wildman–Crippen LogP) is 2.76. The summed E-state index contributed by atoms with van der Waals surface area (Å²) in [7, 11) is -1.29. The highest BCUT2D eigenvalue weighted by Crippen LogP contribution is 2.19. The Kier molecular flexibility index (Phi) is 3.30. The van der Waals surface area contributed by atoms with Crippen LogP contribution in [0, 0.1) is 10.1 Å². The van der Waals surface area contributed by atoms with Gasteiger partial charge in [-0.05, 0) is 24.3 Å². The molecular weight excluding hydrogens is 238 g/mol. The number of nitro groups is 1. The van der Waals surface area contributed by atoms with E-state index in [1.54, 1.807) is 24.3 Å². The average Bonchev–Trinajstić information content (AvgIpc) is 2.39. The van der Waals surface area contributed by atoms with Crippen molar-refractivity contribution in [2.45, 2.75) is 9.79 Å². The Morgan fingerprint density at radius 2 is 1.41 bits per heavy atom. The topological polar surface area (TPSA) is 60.2 Å². The molecule has 1 unspecified atom stereocenters. The minimum atomic E-state index is -1.29. The maximum absolute atomic E-state index is 12.1. The smallest absolute Gasteiger partial charge is 0.258 e. The highest BCUT2D eigenvalue weighted by atomic mass is 32.2. The van der Waals surface area contributed by atoms with E-state index >= 15 is 0 Å². The van der Waals surface area contributed by atoms with Crippen LogP contribution in [0.4, 0.5) is 5.69 Å². The van der Waals surface area contributed by atoms with Crippen LogP contribution in [-0.2, 0) is 10.8 Å². The van der Waals surface area contributed by atoms with Crippen molar-refractivity contribution in [3.8, 4) is 0 Å². The largest absolute Gasteiger partial charge is 0.269 e. The van der Waals surface area contributed by atoms with Gasteiger partial charge in [0.25, 0.3) is 5.69 Å². The Hall–Kier alpha value is -2.01. The fraction of sp³-hybridized carbons (Fsp3) is 0. The first kappa shape index (κ1) is 11.5. The molecule has 17 heavy (non-hydrogen) atoms. The SMILES string of the molecule is O=[N+]([O-])c1ccc(S(=O)c2ccccc2)cc1. The van der Waals surface area contributed by atoms with E-state index < -0.39 is 15.7 Å². The summed E-state index contributed by atoms with van der Waals surface area (Å²) in [6.45, 7) is 0. The minimum Gasteiger partial charge on any atom is -0.258 e. The van der Waals surface area contributed by atoms with Gasteiger partial charge in [0.2, 0.25) is 0 Å². The van der Waals surface area contributed by atoms with Crippen LogP contribution in [0.25, 0.3) is 0 Å². The molecule has 0 heterocycles. The molecule has 2 aromatic carbocycles. The van der Waals surface area contributed by atoms with Crippen LogP contribution < -0.4 is 0 Å². The molecule has 0 fully saturated rings. The van der Waals surface area contributed by atoms with Gasteiger partial charge in [0.05, 0.1) is 15.7 Å². The third-order valence-corrected chi connectivity index (χ3v) is 3.62. The number of nitro benzene ring substituents is 1. The molecule has 0 aliphatic heterocycles. The molecule has 86 valence electrons. The summed E-state index contributed by atoms with van der Waals surface area (Å²) in [5.74, 6) is 0. The molecule has 0 spiro atoms. The summed E-state index contributed by atoms with van der Waals surface area (Å²) in [5, 5.41) is 10.5. The van der Waals surface area contributed by atoms with Crippen molar-refractivity contribution >= 4 is 16.5 Å². The highest BCUT2D eigenvalue weighted by Gasteiger charge is 2.09. The van der Waals surface area contributed by atoms with Crippen LogP contribution in [-0.4, -0.2) is 9.13 Å². The van der Waals surface area contributed by atoms with Gasteiger partial charge in [-0.3, -0.25) is 10.1 Å². The van der Waals surface area contributed by atoms with Gasteiger partial charge in [-0.25, -0.2) is 4.21 Å². The van der Waals surface area contributed by atoms with E-state index in [2.05, 4.69) is 0 Å². The lowest BCUT2D eigenvalue weighted by atomic mass is 10.3. The second kappa shape index (κ2) is 4.88. The van der Waals surface area contributed by atoms with E-state index in [4.69, 9.17) is 0 Å². The number of hydrogen-bond acceptors (Lipinski definition) is 3. The maximum Gasteiger partial charge on any atom is 0.269 e. The lowest BCUT2D eigenvalue weighted by molar-refractivity contribution is -0.384. The summed E-state index contributed by atoms with van der Waals surface area (Å²) < 4.78 is 12.1. The number of hydrogen-bond donors (Lipinski definition) is 0. The second-order valence-corrected chi connectivity index (χ2v) is 4.81. The first-order valence-corrected chi connectivity index (χ1v) is 6.05. The second-order valence-electron chi connectivity index (χ2n) is 3.33. The summed E-state index contributed by atoms with van der Waals surface area (Å²) in [6.07, 6.45) is 0. The molecule has 2 aromatic rings. The Bertz CT molecular complexity index is 552. The molecule has 2 rings (SSSR count). The molecule has 0 amide bonds. The zero-order chi connectivity index (χ0) is 12.3. The van der Waals surface area contributed by atoms with Crippen molar-refractivity contribution in [1.29, 1.82) is 0 Å². The number of rotatable bonds is 3. The molecular formula is C12H9NO3S. The maximum atomic E-state index is 12.1. The van der Waals surface area contributed by atoms with Crippen molar-refractivity contribution < 1.29 is 9.13 Å². The highest BCUT2D eigenvalue weighted by molar-refractivity contribution is 7.85. The Morgan fingerprint density at radius 1 is 0.882 bits per heavy atom. The Labute approximate surface area is 101 Å². The first-order chi connectivity index (χ1) is 8.18. The lowest BCUT2D eigenvalue weighted by Gasteiger charge is -2.01. The molecule has 4 nitrogen and oxygen atoms in total. The van der Waals surface area contributed by atoms with Gasteiger partial charge in [-0.15, -0.1) is 0 Å². The van der Waals surface area contributed by atoms with Gasteiger partial charge in [0.15, 0.2) is 0 Å². The minimum absolute atomic E-state index is 0.00110. The lowest BCUT2D eigenvalue weighted by Crippen LogP contribution is -1.93. The molecule has 0 aliphatic rings. The number of non-ortho nitro benzene ring substituents is 1. The molecule has 0 radical (unpaired) electrons. The zero-order valence-corrected chi connectivity index (χ0v) is 9.59. The fourth-order valence-electron chi connectivity index (χ4n) is 1.37. The quantitative estimate of drug-likeness (QED) is 0.619. The van der Waals surface area contributed by atoms with Gasteiger partial charge < -0.3 is 0 Å². The normalized spacial score (nSPS) is 12.0. The fourth-order valence-corrected chi connectivity index (χ4v) is 2.43. The molecule has 0 aromatic heterocycles. The molecule has 5 heteroatoms. The van der Waals surface area contributed by atoms with Crippen molar-refractivity contribution in [2.75, 3.05) is 0 Å². The third-order valence-electron chi connectivity index (χ3n) is 2.22. The van der Waals surface area contributed by atoms with Gasteiger partial charge in [0, 0.05) is 21.9 Å². The van der Waals surface area contributed by atoms with E-state index in [1.165, 1.54) is 24.3 Å². The number of benzene rings is 2. The van der Waals surface area contributed by atoms with Crippen molar-refractivity contribution in [3.05, 3.63) is 64.7 Å². The molecule has 1 atom stereocenters. The summed E-state index contributed by atoms with van der Waals surface area (Å²) in [5.41, 5.74) is -0.00110. The van der Waals surface area contributed by atoms with Crippen LogP contribution in [0.2, 0.25) is 0 Å². The van der Waals surface area contributed by atoms with E-state index in [-0.39, 0.29) is 5.69 Å². The van der Waals surface area contributed by atoms with E-state index in [0.717, 1.165) is 0 Å². The number of nitrogens with zero attached hydrogens (tertiary/aromatic N) is 1. The van der Waals surface area contributed by atoms with Gasteiger partial charge in [-0.2, -0.15) is 0 Å². The van der Waals surface area contributed by atoms with Crippen molar-refractivity contribution in [3.63, 3.8) is 0 Å². The molecule has 0 saturated heterocycles. The Morgan fingerprint density at radius 3 is 1.94 bits per heavy atom. The van der Waals surface area contributed by atoms with Crippen molar-refractivity contribution in [2.24, 2.45) is 0 Å². The van der Waals surface area contributed by atoms with Crippen molar-refractivity contribution in [1.82, 2.24) is 0 Å². The van der Waals surface area contributed by atoms with E-state index in [1.807, 2.05) is 6.07 Å². The molecule has 0 aliphatic carbocycles. The standard InChI is InChI=1S/C12H9NO3S/c14-13(15)10-6-8-12(9-7-10)17(16)11-4-2-1-3-5-11/h1-9H. The van der Waals surface area contributed by atoms with E-state index in [0.29, 0.717) is 9.79 Å². The first-order valence-electron chi connectivity index (χ1n) is 4.90. The van der Waals surface area contributed by atoms with E-state index in [9.17, 15) is 14.3 Å². The van der Waals surface area contributed by atoms with Gasteiger partial charge in [0.1, 0.15) is 0 Å². The Balaban J connectivity index is 2.30. The third kappa shape index (κ3) is 2.57. The molecule has 0 saturated carbocycles. The van der Waals surface area contributed by atoms with Crippen LogP contribution in [0.3, 0.4) is 0 Å². The summed E-state index contributed by atoms with van der Waals surface area (Å²) in [4.78, 5) is 11.2. The monoisotopic (exact) mass is 247 g/mol. The van der Waals surface area contributed by atoms with Crippen LogP contribution in [0.15, 0.2) is 64.4 Å². The molecule has 0 N–H and O–H groups in total.